The van der Waals surface area contributed by atoms with Gasteiger partial charge in [-0.05, 0) is 37.0 Å². The molecule has 0 bridgehead atoms. The molecule has 1 aliphatic rings. The molecule has 2 aromatic carbocycles. The van der Waals surface area contributed by atoms with Gasteiger partial charge < -0.3 is 10.6 Å². The molecule has 1 aliphatic heterocycles. The summed E-state index contributed by atoms with van der Waals surface area (Å²) < 4.78 is 0. The second kappa shape index (κ2) is 7.30. The average molecular weight is 322 g/mol. The summed E-state index contributed by atoms with van der Waals surface area (Å²) >= 11 is 0. The third kappa shape index (κ3) is 3.82. The number of fused-ring (bicyclic) bond motifs is 1. The molecule has 2 aromatic rings. The predicted octanol–water partition coefficient (Wildman–Crippen LogP) is 3.46. The van der Waals surface area contributed by atoms with Crippen LogP contribution < -0.4 is 10.6 Å². The number of anilines is 1. The summed E-state index contributed by atoms with van der Waals surface area (Å²) in [4.78, 5) is 24.3. The van der Waals surface area contributed by atoms with E-state index in [1.54, 1.807) is 0 Å². The van der Waals surface area contributed by atoms with Crippen molar-refractivity contribution in [3.63, 3.8) is 0 Å². The molecule has 24 heavy (non-hydrogen) atoms. The maximum Gasteiger partial charge on any atom is 0.227 e. The molecule has 2 N–H and O–H groups in total. The minimum Gasteiger partial charge on any atom is -0.350 e. The van der Waals surface area contributed by atoms with Gasteiger partial charge in [0.05, 0.1) is 6.04 Å². The van der Waals surface area contributed by atoms with Crippen LogP contribution in [0.5, 0.6) is 0 Å². The second-order valence-corrected chi connectivity index (χ2v) is 6.29. The van der Waals surface area contributed by atoms with Crippen LogP contribution in [-0.2, 0) is 16.0 Å². The number of carbonyl (C=O) groups excluding carboxylic acids is 2. The van der Waals surface area contributed by atoms with E-state index in [-0.39, 0.29) is 23.8 Å². The van der Waals surface area contributed by atoms with E-state index in [2.05, 4.69) is 10.6 Å². The molecule has 0 saturated carbocycles. The summed E-state index contributed by atoms with van der Waals surface area (Å²) in [5.41, 5.74) is 3.11. The van der Waals surface area contributed by atoms with Gasteiger partial charge in [0.25, 0.3) is 0 Å². The number of carbonyl (C=O) groups is 2. The van der Waals surface area contributed by atoms with Crippen molar-refractivity contribution in [2.75, 3.05) is 5.32 Å². The Labute approximate surface area is 142 Å². The number of amides is 2. The molecule has 124 valence electrons. The fourth-order valence-corrected chi connectivity index (χ4v) is 3.09. The van der Waals surface area contributed by atoms with Crippen molar-refractivity contribution in [3.05, 3.63) is 65.7 Å². The molecule has 4 nitrogen and oxygen atoms in total. The smallest absolute Gasteiger partial charge is 0.227 e. The van der Waals surface area contributed by atoms with Gasteiger partial charge in [-0.1, -0.05) is 48.5 Å². The first-order valence-electron chi connectivity index (χ1n) is 8.36. The molecule has 0 radical (unpaired) electrons. The number of hydrogen-bond acceptors (Lipinski definition) is 2. The van der Waals surface area contributed by atoms with Crippen molar-refractivity contribution < 1.29 is 9.59 Å². The minimum absolute atomic E-state index is 0.0117. The van der Waals surface area contributed by atoms with Crippen molar-refractivity contribution >= 4 is 17.5 Å². The molecule has 0 saturated heterocycles. The maximum absolute atomic E-state index is 12.2. The number of rotatable bonds is 5. The fourth-order valence-electron chi connectivity index (χ4n) is 3.09. The van der Waals surface area contributed by atoms with Crippen molar-refractivity contribution in [2.45, 2.75) is 32.2 Å². The quantitative estimate of drug-likeness (QED) is 0.886. The van der Waals surface area contributed by atoms with Crippen LogP contribution in [0.1, 0.15) is 36.9 Å². The number of para-hydroxylation sites is 1. The van der Waals surface area contributed by atoms with Crippen molar-refractivity contribution in [2.24, 2.45) is 5.92 Å². The van der Waals surface area contributed by atoms with E-state index in [4.69, 9.17) is 0 Å². The summed E-state index contributed by atoms with van der Waals surface area (Å²) in [5, 5.41) is 5.93. The maximum atomic E-state index is 12.2. The SMILES string of the molecule is C[C@@H](NC(=O)CC[C@@H]1Cc2ccccc2NC1=O)c1ccccc1. The molecular weight excluding hydrogens is 300 g/mol. The number of nitrogens with one attached hydrogen (secondary N) is 2. The van der Waals surface area contributed by atoms with Gasteiger partial charge in [0.15, 0.2) is 0 Å². The van der Waals surface area contributed by atoms with E-state index in [0.29, 0.717) is 19.3 Å². The van der Waals surface area contributed by atoms with Gasteiger partial charge in [0.1, 0.15) is 0 Å². The molecule has 0 aromatic heterocycles. The van der Waals surface area contributed by atoms with Crippen LogP contribution >= 0.6 is 0 Å². The third-order valence-corrected chi connectivity index (χ3v) is 4.51. The van der Waals surface area contributed by atoms with E-state index in [1.165, 1.54) is 0 Å². The lowest BCUT2D eigenvalue weighted by molar-refractivity contribution is -0.123. The largest absolute Gasteiger partial charge is 0.350 e. The van der Waals surface area contributed by atoms with E-state index in [9.17, 15) is 9.59 Å². The van der Waals surface area contributed by atoms with Gasteiger partial charge in [0, 0.05) is 18.0 Å². The zero-order chi connectivity index (χ0) is 16.9. The highest BCUT2D eigenvalue weighted by atomic mass is 16.2. The van der Waals surface area contributed by atoms with E-state index in [1.807, 2.05) is 61.5 Å². The summed E-state index contributed by atoms with van der Waals surface area (Å²) in [5.74, 6) is -0.145. The molecule has 3 rings (SSSR count). The first-order chi connectivity index (χ1) is 11.6. The third-order valence-electron chi connectivity index (χ3n) is 4.51. The Hall–Kier alpha value is -2.62. The van der Waals surface area contributed by atoms with Gasteiger partial charge in [-0.3, -0.25) is 9.59 Å². The van der Waals surface area contributed by atoms with Crippen LogP contribution in [0.25, 0.3) is 0 Å². The lowest BCUT2D eigenvalue weighted by Gasteiger charge is -2.24. The first kappa shape index (κ1) is 16.2. The van der Waals surface area contributed by atoms with Crippen molar-refractivity contribution in [1.29, 1.82) is 0 Å². The average Bonchev–Trinajstić information content (AvgIpc) is 2.60. The van der Waals surface area contributed by atoms with Crippen LogP contribution in [0.2, 0.25) is 0 Å². The van der Waals surface area contributed by atoms with E-state index in [0.717, 1.165) is 16.8 Å². The Morgan fingerprint density at radius 2 is 1.88 bits per heavy atom. The van der Waals surface area contributed by atoms with Gasteiger partial charge in [-0.25, -0.2) is 0 Å². The molecule has 0 spiro atoms. The number of benzene rings is 2. The van der Waals surface area contributed by atoms with Gasteiger partial charge in [-0.2, -0.15) is 0 Å². The molecule has 0 fully saturated rings. The van der Waals surface area contributed by atoms with Crippen molar-refractivity contribution in [1.82, 2.24) is 5.32 Å². The molecule has 0 unspecified atom stereocenters. The number of hydrogen-bond donors (Lipinski definition) is 2. The second-order valence-electron chi connectivity index (χ2n) is 6.29. The predicted molar refractivity (Wildman–Crippen MR) is 94.5 cm³/mol. The van der Waals surface area contributed by atoms with Crippen LogP contribution in [0.15, 0.2) is 54.6 Å². The van der Waals surface area contributed by atoms with Gasteiger partial charge >= 0.3 is 0 Å². The molecule has 2 atom stereocenters. The minimum atomic E-state index is -0.141. The zero-order valence-corrected chi connectivity index (χ0v) is 13.8. The normalized spacial score (nSPS) is 17.5. The lowest BCUT2D eigenvalue weighted by atomic mass is 9.89. The highest BCUT2D eigenvalue weighted by molar-refractivity contribution is 5.96. The molecular formula is C20H22N2O2. The highest BCUT2D eigenvalue weighted by Crippen LogP contribution is 2.27. The molecule has 2 amide bonds. The molecule has 1 heterocycles. The van der Waals surface area contributed by atoms with E-state index < -0.39 is 0 Å². The fraction of sp³-hybridized carbons (Fsp3) is 0.300. The highest BCUT2D eigenvalue weighted by Gasteiger charge is 2.26. The van der Waals surface area contributed by atoms with Crippen LogP contribution in [0.4, 0.5) is 5.69 Å². The topological polar surface area (TPSA) is 58.2 Å². The lowest BCUT2D eigenvalue weighted by Crippen LogP contribution is -2.32. The Kier molecular flexibility index (Phi) is 4.94. The van der Waals surface area contributed by atoms with Gasteiger partial charge in [-0.15, -0.1) is 0 Å². The standard InChI is InChI=1S/C20H22N2O2/c1-14(15-7-3-2-4-8-15)21-19(23)12-11-17-13-16-9-5-6-10-18(16)22-20(17)24/h2-10,14,17H,11-13H2,1H3,(H,21,23)(H,22,24)/t14-,17-/m1/s1. The van der Waals surface area contributed by atoms with Crippen LogP contribution in [0, 0.1) is 5.92 Å². The first-order valence-corrected chi connectivity index (χ1v) is 8.36. The molecule has 4 heteroatoms. The van der Waals surface area contributed by atoms with E-state index >= 15 is 0 Å². The van der Waals surface area contributed by atoms with Gasteiger partial charge in [0.2, 0.25) is 11.8 Å². The Morgan fingerprint density at radius 3 is 2.67 bits per heavy atom. The monoisotopic (exact) mass is 322 g/mol. The summed E-state index contributed by atoms with van der Waals surface area (Å²) in [7, 11) is 0. The zero-order valence-electron chi connectivity index (χ0n) is 13.8. The Bertz CT molecular complexity index is 727. The Morgan fingerprint density at radius 1 is 1.17 bits per heavy atom. The summed E-state index contributed by atoms with van der Waals surface area (Å²) in [6.45, 7) is 1.97. The Balaban J connectivity index is 1.52. The van der Waals surface area contributed by atoms with Crippen molar-refractivity contribution in [3.8, 4) is 0 Å². The van der Waals surface area contributed by atoms with Crippen LogP contribution in [-0.4, -0.2) is 11.8 Å². The molecule has 0 aliphatic carbocycles. The van der Waals surface area contributed by atoms with Crippen LogP contribution in [0.3, 0.4) is 0 Å². The summed E-state index contributed by atoms with van der Waals surface area (Å²) in [6.07, 6.45) is 1.62. The summed E-state index contributed by atoms with van der Waals surface area (Å²) in [6, 6.07) is 17.7.